The van der Waals surface area contributed by atoms with E-state index in [0.29, 0.717) is 12.0 Å². The molecule has 3 rings (SSSR count). The van der Waals surface area contributed by atoms with Crippen molar-refractivity contribution in [2.24, 2.45) is 15.5 Å². The molecule has 1 heterocycles. The average Bonchev–Trinajstić information content (AvgIpc) is 2.90. The molecule has 0 unspecified atom stereocenters. The molecule has 0 amide bonds. The number of benzene rings is 1. The van der Waals surface area contributed by atoms with E-state index < -0.39 is 10.0 Å². The van der Waals surface area contributed by atoms with Crippen LogP contribution in [0.4, 0.5) is 0 Å². The van der Waals surface area contributed by atoms with E-state index >= 15 is 0 Å². The van der Waals surface area contributed by atoms with E-state index in [4.69, 9.17) is 10.1 Å². The summed E-state index contributed by atoms with van der Waals surface area (Å²) in [5, 5.41) is 8.69. The molecule has 1 spiro atoms. The minimum absolute atomic E-state index is 0. The smallest absolute Gasteiger partial charge is 0.238 e. The molecule has 1 aliphatic carbocycles. The topological polar surface area (TPSA) is 87.8 Å². The van der Waals surface area contributed by atoms with Crippen molar-refractivity contribution < 1.29 is 8.42 Å². The Kier molecular flexibility index (Phi) is 9.21. The van der Waals surface area contributed by atoms with Gasteiger partial charge in [-0.15, -0.1) is 24.0 Å². The van der Waals surface area contributed by atoms with Crippen molar-refractivity contribution in [3.05, 3.63) is 29.8 Å². The highest BCUT2D eigenvalue weighted by atomic mass is 127. The van der Waals surface area contributed by atoms with Gasteiger partial charge >= 0.3 is 0 Å². The molecule has 2 aliphatic rings. The molecular formula is C21H35IN4O2S. The van der Waals surface area contributed by atoms with Gasteiger partial charge in [-0.3, -0.25) is 0 Å². The van der Waals surface area contributed by atoms with E-state index in [-0.39, 0.29) is 28.9 Å². The molecule has 1 aromatic rings. The van der Waals surface area contributed by atoms with E-state index in [1.165, 1.54) is 57.4 Å². The third-order valence-corrected chi connectivity index (χ3v) is 7.01. The van der Waals surface area contributed by atoms with Crippen molar-refractivity contribution in [2.75, 3.05) is 19.6 Å². The summed E-state index contributed by atoms with van der Waals surface area (Å²) in [6.45, 7) is 5.46. The number of aliphatic imine (C=N–C) groups is 1. The largest absolute Gasteiger partial charge is 0.357 e. The highest BCUT2D eigenvalue weighted by Crippen LogP contribution is 2.42. The fourth-order valence-electron chi connectivity index (χ4n) is 4.69. The highest BCUT2D eigenvalue weighted by Gasteiger charge is 2.36. The predicted molar refractivity (Wildman–Crippen MR) is 129 cm³/mol. The number of nitrogens with two attached hydrogens (primary N) is 1. The second-order valence-corrected chi connectivity index (χ2v) is 9.86. The van der Waals surface area contributed by atoms with Crippen molar-refractivity contribution in [1.29, 1.82) is 0 Å². The van der Waals surface area contributed by atoms with Crippen molar-refractivity contribution >= 4 is 40.0 Å². The van der Waals surface area contributed by atoms with Gasteiger partial charge in [-0.1, -0.05) is 37.8 Å². The van der Waals surface area contributed by atoms with Gasteiger partial charge in [-0.25, -0.2) is 18.5 Å². The zero-order valence-electron chi connectivity index (χ0n) is 17.4. The van der Waals surface area contributed by atoms with Crippen molar-refractivity contribution in [3.63, 3.8) is 0 Å². The first-order valence-corrected chi connectivity index (χ1v) is 12.1. The van der Waals surface area contributed by atoms with Crippen LogP contribution in [0.3, 0.4) is 0 Å². The molecule has 29 heavy (non-hydrogen) atoms. The number of hydrogen-bond acceptors (Lipinski definition) is 3. The molecule has 8 heteroatoms. The van der Waals surface area contributed by atoms with Crippen molar-refractivity contribution in [1.82, 2.24) is 10.2 Å². The summed E-state index contributed by atoms with van der Waals surface area (Å²) in [5.41, 5.74) is 1.29. The molecule has 1 aliphatic heterocycles. The van der Waals surface area contributed by atoms with Crippen LogP contribution in [0.5, 0.6) is 0 Å². The molecular weight excluding hydrogens is 499 g/mol. The van der Waals surface area contributed by atoms with E-state index in [9.17, 15) is 8.42 Å². The molecule has 0 atom stereocenters. The van der Waals surface area contributed by atoms with Gasteiger partial charge < -0.3 is 10.2 Å². The second kappa shape index (κ2) is 10.9. The number of nitrogens with one attached hydrogen (secondary N) is 1. The van der Waals surface area contributed by atoms with Crippen LogP contribution in [0.1, 0.15) is 63.9 Å². The third-order valence-electron chi connectivity index (χ3n) is 6.10. The normalized spacial score (nSPS) is 20.1. The molecule has 1 saturated heterocycles. The Hall–Kier alpha value is -0.870. The number of likely N-dealkylation sites (tertiary alicyclic amines) is 1. The van der Waals surface area contributed by atoms with Gasteiger partial charge in [0.1, 0.15) is 0 Å². The minimum atomic E-state index is -3.69. The Morgan fingerprint density at radius 3 is 2.52 bits per heavy atom. The number of primary sulfonamides is 1. The monoisotopic (exact) mass is 534 g/mol. The second-order valence-electron chi connectivity index (χ2n) is 8.30. The van der Waals surface area contributed by atoms with Crippen LogP contribution in [0.15, 0.2) is 34.2 Å². The summed E-state index contributed by atoms with van der Waals surface area (Å²) < 4.78 is 23.2. The fourth-order valence-corrected chi connectivity index (χ4v) is 5.27. The van der Waals surface area contributed by atoms with Crippen LogP contribution in [0.2, 0.25) is 0 Å². The number of guanidine groups is 1. The van der Waals surface area contributed by atoms with Gasteiger partial charge in [0.2, 0.25) is 10.0 Å². The maximum atomic E-state index is 11.6. The predicted octanol–water partition coefficient (Wildman–Crippen LogP) is 3.85. The lowest BCUT2D eigenvalue weighted by Crippen LogP contribution is -2.50. The maximum absolute atomic E-state index is 11.6. The Morgan fingerprint density at radius 1 is 1.17 bits per heavy atom. The lowest BCUT2D eigenvalue weighted by molar-refractivity contribution is 0.115. The van der Waals surface area contributed by atoms with Gasteiger partial charge in [-0.2, -0.15) is 0 Å². The molecule has 2 fully saturated rings. The number of hydrogen-bond donors (Lipinski definition) is 2. The van der Waals surface area contributed by atoms with Crippen molar-refractivity contribution in [3.8, 4) is 0 Å². The van der Waals surface area contributed by atoms with Crippen LogP contribution < -0.4 is 10.5 Å². The Balaban J connectivity index is 0.00000300. The molecule has 0 radical (unpaired) electrons. The van der Waals surface area contributed by atoms with E-state index in [1.807, 2.05) is 6.07 Å². The van der Waals surface area contributed by atoms with E-state index in [2.05, 4.69) is 17.1 Å². The van der Waals surface area contributed by atoms with Crippen LogP contribution in [0.25, 0.3) is 0 Å². The average molecular weight is 535 g/mol. The Bertz CT molecular complexity index is 790. The maximum Gasteiger partial charge on any atom is 0.238 e. The van der Waals surface area contributed by atoms with Gasteiger partial charge in [0.25, 0.3) is 0 Å². The summed E-state index contributed by atoms with van der Waals surface area (Å²) in [6, 6.07) is 6.75. The number of rotatable bonds is 4. The standard InChI is InChI=1S/C21H34N4O2S.HI/c1-2-23-20(24-16-18-9-7-10-19(15-18)28(22,26)27)25-14-8-13-21(17-25)11-5-3-4-6-12-21;/h7,9-10,15H,2-6,8,11-14,16-17H2,1H3,(H,23,24)(H2,22,26,27);1H. The molecule has 3 N–H and O–H groups in total. The zero-order chi connectivity index (χ0) is 20.0. The molecule has 0 aromatic heterocycles. The van der Waals surface area contributed by atoms with Gasteiger partial charge in [0, 0.05) is 19.6 Å². The van der Waals surface area contributed by atoms with Crippen LogP contribution in [-0.4, -0.2) is 38.9 Å². The molecule has 6 nitrogen and oxygen atoms in total. The quantitative estimate of drug-likeness (QED) is 0.349. The van der Waals surface area contributed by atoms with Gasteiger partial charge in [0.15, 0.2) is 5.96 Å². The number of halogens is 1. The lowest BCUT2D eigenvalue weighted by Gasteiger charge is -2.44. The first-order chi connectivity index (χ1) is 13.4. The van der Waals surface area contributed by atoms with Crippen LogP contribution >= 0.6 is 24.0 Å². The van der Waals surface area contributed by atoms with Gasteiger partial charge in [0.05, 0.1) is 11.4 Å². The Labute approximate surface area is 192 Å². The number of piperidine rings is 1. The first-order valence-electron chi connectivity index (χ1n) is 10.6. The van der Waals surface area contributed by atoms with E-state index in [1.54, 1.807) is 12.1 Å². The summed E-state index contributed by atoms with van der Waals surface area (Å²) in [5.74, 6) is 0.937. The van der Waals surface area contributed by atoms with Crippen molar-refractivity contribution in [2.45, 2.75) is 69.7 Å². The molecule has 1 saturated carbocycles. The summed E-state index contributed by atoms with van der Waals surface area (Å²) in [7, 11) is -3.69. The SMILES string of the molecule is CCNC(=NCc1cccc(S(N)(=O)=O)c1)N1CCCC2(CCCCCC2)C1.I. The molecule has 1 aromatic carbocycles. The molecule has 164 valence electrons. The summed E-state index contributed by atoms with van der Waals surface area (Å²) in [6.07, 6.45) is 10.7. The van der Waals surface area contributed by atoms with Gasteiger partial charge in [-0.05, 0) is 55.7 Å². The van der Waals surface area contributed by atoms with E-state index in [0.717, 1.165) is 31.2 Å². The molecule has 0 bridgehead atoms. The highest BCUT2D eigenvalue weighted by molar-refractivity contribution is 14.0. The lowest BCUT2D eigenvalue weighted by atomic mass is 9.74. The fraction of sp³-hybridized carbons (Fsp3) is 0.667. The first kappa shape index (κ1) is 24.4. The zero-order valence-corrected chi connectivity index (χ0v) is 20.5. The third kappa shape index (κ3) is 6.82. The minimum Gasteiger partial charge on any atom is -0.357 e. The number of nitrogens with zero attached hydrogens (tertiary/aromatic N) is 2. The number of sulfonamides is 1. The Morgan fingerprint density at radius 2 is 1.86 bits per heavy atom. The van der Waals surface area contributed by atoms with Crippen LogP contribution in [-0.2, 0) is 16.6 Å². The summed E-state index contributed by atoms with van der Waals surface area (Å²) in [4.78, 5) is 7.39. The summed E-state index contributed by atoms with van der Waals surface area (Å²) >= 11 is 0. The van der Waals surface area contributed by atoms with Crippen LogP contribution in [0, 0.1) is 5.41 Å².